The van der Waals surface area contributed by atoms with Gasteiger partial charge < -0.3 is 14.6 Å². The highest BCUT2D eigenvalue weighted by molar-refractivity contribution is 5.93. The Bertz CT molecular complexity index is 1420. The van der Waals surface area contributed by atoms with Gasteiger partial charge in [0.1, 0.15) is 11.5 Å². The third kappa shape index (κ3) is 8.68. The lowest BCUT2D eigenvalue weighted by Crippen LogP contribution is -2.08. The quantitative estimate of drug-likeness (QED) is 0.0903. The molecule has 5 nitrogen and oxygen atoms in total. The van der Waals surface area contributed by atoms with Crippen molar-refractivity contribution < 1.29 is 24.2 Å². The summed E-state index contributed by atoms with van der Waals surface area (Å²) in [5, 5.41) is 11.0. The number of carbonyl (C=O) groups excluding carboxylic acids is 1. The van der Waals surface area contributed by atoms with E-state index in [0.29, 0.717) is 11.3 Å². The van der Waals surface area contributed by atoms with Gasteiger partial charge in [-0.3, -0.25) is 4.79 Å². The van der Waals surface area contributed by atoms with Crippen LogP contribution < -0.4 is 9.47 Å². The number of ether oxygens (including phenoxy) is 2. The summed E-state index contributed by atoms with van der Waals surface area (Å²) < 4.78 is 11.5. The predicted molar refractivity (Wildman–Crippen MR) is 165 cm³/mol. The van der Waals surface area contributed by atoms with Crippen molar-refractivity contribution >= 4 is 22.7 Å². The molecule has 0 aliphatic carbocycles. The molecule has 0 heterocycles. The molecule has 0 bridgehead atoms. The number of carboxylic acids is 1. The van der Waals surface area contributed by atoms with Crippen molar-refractivity contribution in [1.29, 1.82) is 0 Å². The molecule has 5 heteroatoms. The standard InChI is InChI=1S/C36H40O5/c1-3-4-5-6-7-8-9-10-23-40-33-20-17-28(18-21-33)27-11-13-29(14-12-27)36(39)41-34-22-19-31-24-30(26(2)35(37)38)15-16-32(31)25-34/h11-22,24-26H,3-10,23H2,1-2H3,(H,37,38). The maximum Gasteiger partial charge on any atom is 0.343 e. The summed E-state index contributed by atoms with van der Waals surface area (Å²) >= 11 is 0. The van der Waals surface area contributed by atoms with Gasteiger partial charge >= 0.3 is 11.9 Å². The molecule has 0 amide bonds. The fourth-order valence-electron chi connectivity index (χ4n) is 4.85. The van der Waals surface area contributed by atoms with Gasteiger partial charge in [-0.2, -0.15) is 0 Å². The Kier molecular flexibility index (Phi) is 10.9. The van der Waals surface area contributed by atoms with Gasteiger partial charge in [-0.1, -0.05) is 100 Å². The monoisotopic (exact) mass is 552 g/mol. The average molecular weight is 553 g/mol. The second kappa shape index (κ2) is 15.0. The lowest BCUT2D eigenvalue weighted by molar-refractivity contribution is -0.138. The summed E-state index contributed by atoms with van der Waals surface area (Å²) in [6.07, 6.45) is 10.3. The van der Waals surface area contributed by atoms with E-state index < -0.39 is 17.9 Å². The van der Waals surface area contributed by atoms with Crippen molar-refractivity contribution in [3.05, 3.63) is 96.1 Å². The predicted octanol–water partition coefficient (Wildman–Crippen LogP) is 9.43. The van der Waals surface area contributed by atoms with E-state index in [-0.39, 0.29) is 0 Å². The smallest absolute Gasteiger partial charge is 0.343 e. The Hall–Kier alpha value is -4.12. The van der Waals surface area contributed by atoms with Gasteiger partial charge in [0, 0.05) is 0 Å². The summed E-state index contributed by atoms with van der Waals surface area (Å²) in [6.45, 7) is 4.65. The molecule has 4 aromatic rings. The average Bonchev–Trinajstić information content (AvgIpc) is 3.00. The van der Waals surface area contributed by atoms with Crippen LogP contribution in [0, 0.1) is 0 Å². The molecule has 0 radical (unpaired) electrons. The largest absolute Gasteiger partial charge is 0.494 e. The molecule has 214 valence electrons. The molecule has 0 aliphatic rings. The Balaban J connectivity index is 1.26. The highest BCUT2D eigenvalue weighted by atomic mass is 16.5. The van der Waals surface area contributed by atoms with Crippen LogP contribution in [0.3, 0.4) is 0 Å². The zero-order valence-corrected chi connectivity index (χ0v) is 24.1. The van der Waals surface area contributed by atoms with E-state index >= 15 is 0 Å². The third-order valence-corrected chi connectivity index (χ3v) is 7.49. The van der Waals surface area contributed by atoms with Gasteiger partial charge in [0.2, 0.25) is 0 Å². The van der Waals surface area contributed by atoms with Crippen molar-refractivity contribution in [2.75, 3.05) is 6.61 Å². The molecule has 0 saturated carbocycles. The van der Waals surface area contributed by atoms with Gasteiger partial charge in [0.25, 0.3) is 0 Å². The molecule has 0 fully saturated rings. The molecule has 1 atom stereocenters. The number of benzene rings is 4. The number of unbranched alkanes of at least 4 members (excludes halogenated alkanes) is 7. The maximum absolute atomic E-state index is 12.8. The van der Waals surface area contributed by atoms with Crippen LogP contribution in [-0.2, 0) is 4.79 Å². The molecule has 4 rings (SSSR count). The Morgan fingerprint density at radius 2 is 1.24 bits per heavy atom. The SMILES string of the molecule is CCCCCCCCCCOc1ccc(-c2ccc(C(=O)Oc3ccc4cc(C(C)C(=O)O)ccc4c3)cc2)cc1. The maximum atomic E-state index is 12.8. The topological polar surface area (TPSA) is 72.8 Å². The molecule has 0 aliphatic heterocycles. The zero-order chi connectivity index (χ0) is 29.0. The number of esters is 1. The molecule has 0 aromatic heterocycles. The van der Waals surface area contributed by atoms with Crippen molar-refractivity contribution in [1.82, 2.24) is 0 Å². The summed E-state index contributed by atoms with van der Waals surface area (Å²) in [5.41, 5.74) is 3.25. The van der Waals surface area contributed by atoms with Crippen molar-refractivity contribution in [3.63, 3.8) is 0 Å². The number of aliphatic carboxylic acids is 1. The van der Waals surface area contributed by atoms with E-state index in [4.69, 9.17) is 9.47 Å². The minimum Gasteiger partial charge on any atom is -0.494 e. The number of hydrogen-bond donors (Lipinski definition) is 1. The van der Waals surface area contributed by atoms with Gasteiger partial charge in [-0.15, -0.1) is 0 Å². The summed E-state index contributed by atoms with van der Waals surface area (Å²) in [5.74, 6) is -0.572. The van der Waals surface area contributed by atoms with Crippen LogP contribution in [0.2, 0.25) is 0 Å². The van der Waals surface area contributed by atoms with Gasteiger partial charge in [-0.05, 0) is 77.2 Å². The Labute approximate surface area is 243 Å². The fourth-order valence-corrected chi connectivity index (χ4v) is 4.85. The lowest BCUT2D eigenvalue weighted by atomic mass is 9.98. The number of fused-ring (bicyclic) bond motifs is 1. The van der Waals surface area contributed by atoms with Crippen molar-refractivity contribution in [3.8, 4) is 22.6 Å². The highest BCUT2D eigenvalue weighted by Crippen LogP contribution is 2.27. The van der Waals surface area contributed by atoms with Gasteiger partial charge in [0.15, 0.2) is 0 Å². The van der Waals surface area contributed by atoms with Crippen molar-refractivity contribution in [2.45, 2.75) is 71.1 Å². The summed E-state index contributed by atoms with van der Waals surface area (Å²) in [7, 11) is 0. The van der Waals surface area contributed by atoms with E-state index in [9.17, 15) is 14.7 Å². The second-order valence-electron chi connectivity index (χ2n) is 10.6. The van der Waals surface area contributed by atoms with Crippen molar-refractivity contribution in [2.24, 2.45) is 0 Å². The van der Waals surface area contributed by atoms with E-state index in [1.165, 1.54) is 44.9 Å². The number of carboxylic acid groups (broad SMARTS) is 1. The molecule has 0 saturated heterocycles. The second-order valence-corrected chi connectivity index (χ2v) is 10.6. The van der Waals surface area contributed by atoms with Gasteiger partial charge in [-0.25, -0.2) is 4.79 Å². The van der Waals surface area contributed by atoms with E-state index in [0.717, 1.165) is 46.2 Å². The first-order chi connectivity index (χ1) is 19.9. The van der Waals surface area contributed by atoms with Crippen LogP contribution in [0.25, 0.3) is 21.9 Å². The van der Waals surface area contributed by atoms with Gasteiger partial charge in [0.05, 0.1) is 18.1 Å². The number of carbonyl (C=O) groups is 2. The third-order valence-electron chi connectivity index (χ3n) is 7.49. The lowest BCUT2D eigenvalue weighted by Gasteiger charge is -2.10. The van der Waals surface area contributed by atoms with Crippen LogP contribution in [0.1, 0.15) is 87.1 Å². The first-order valence-electron chi connectivity index (χ1n) is 14.8. The van der Waals surface area contributed by atoms with Crippen LogP contribution in [-0.4, -0.2) is 23.7 Å². The molecule has 0 spiro atoms. The molecule has 41 heavy (non-hydrogen) atoms. The highest BCUT2D eigenvalue weighted by Gasteiger charge is 2.14. The zero-order valence-electron chi connectivity index (χ0n) is 24.1. The first-order valence-corrected chi connectivity index (χ1v) is 14.8. The first kappa shape index (κ1) is 29.9. The Morgan fingerprint density at radius 1 is 0.683 bits per heavy atom. The normalized spacial score (nSPS) is 11.8. The Morgan fingerprint density at radius 3 is 1.90 bits per heavy atom. The minimum absolute atomic E-state index is 0.434. The number of rotatable bonds is 15. The van der Waals surface area contributed by atoms with Crippen LogP contribution in [0.4, 0.5) is 0 Å². The molecule has 1 N–H and O–H groups in total. The minimum atomic E-state index is -0.865. The molecular formula is C36H40O5. The summed E-state index contributed by atoms with van der Waals surface area (Å²) in [4.78, 5) is 24.1. The van der Waals surface area contributed by atoms with Crippen LogP contribution in [0.5, 0.6) is 11.5 Å². The fraction of sp³-hybridized carbons (Fsp3) is 0.333. The molecular weight excluding hydrogens is 512 g/mol. The summed E-state index contributed by atoms with van der Waals surface area (Å²) in [6, 6.07) is 26.3. The van der Waals surface area contributed by atoms with E-state index in [2.05, 4.69) is 6.92 Å². The molecule has 1 unspecified atom stereocenters. The van der Waals surface area contributed by atoms with Crippen LogP contribution in [0.15, 0.2) is 84.9 Å². The van der Waals surface area contributed by atoms with E-state index in [1.54, 1.807) is 37.3 Å². The van der Waals surface area contributed by atoms with E-state index in [1.807, 2.05) is 54.6 Å². The number of hydrogen-bond acceptors (Lipinski definition) is 4. The molecule has 4 aromatic carbocycles. The van der Waals surface area contributed by atoms with Crippen LogP contribution >= 0.6 is 0 Å².